The number of sulfonamides is 1. The molecule has 0 aliphatic heterocycles. The Kier molecular flexibility index (Phi) is 5.02. The molecule has 0 unspecified atom stereocenters. The van der Waals surface area contributed by atoms with Crippen molar-refractivity contribution in [3.63, 3.8) is 0 Å². The molecule has 23 heavy (non-hydrogen) atoms. The minimum atomic E-state index is -3.64. The molecule has 0 aromatic heterocycles. The average Bonchev–Trinajstić information content (AvgIpc) is 3.38. The molecule has 0 radical (unpaired) electrons. The highest BCUT2D eigenvalue weighted by molar-refractivity contribution is 7.89. The van der Waals surface area contributed by atoms with E-state index in [0.717, 1.165) is 44.9 Å². The highest BCUT2D eigenvalue weighted by Crippen LogP contribution is 2.28. The van der Waals surface area contributed by atoms with Gasteiger partial charge in [-0.25, -0.2) is 8.42 Å². The summed E-state index contributed by atoms with van der Waals surface area (Å²) in [5, 5.41) is 2.90. The molecular weight excluding hydrogens is 312 g/mol. The van der Waals surface area contributed by atoms with Crippen LogP contribution in [0.2, 0.25) is 0 Å². The van der Waals surface area contributed by atoms with Gasteiger partial charge >= 0.3 is 0 Å². The molecule has 0 spiro atoms. The van der Waals surface area contributed by atoms with Crippen molar-refractivity contribution in [3.8, 4) is 0 Å². The van der Waals surface area contributed by atoms with Crippen molar-refractivity contribution in [2.45, 2.75) is 61.9 Å². The average molecular weight is 336 g/mol. The van der Waals surface area contributed by atoms with Gasteiger partial charge in [-0.15, -0.1) is 0 Å². The molecule has 2 aliphatic rings. The summed E-state index contributed by atoms with van der Waals surface area (Å²) in [6.45, 7) is -0.0710. The summed E-state index contributed by atoms with van der Waals surface area (Å²) in [5.74, 6) is -0.183. The molecule has 5 nitrogen and oxygen atoms in total. The smallest absolute Gasteiger partial charge is 0.243 e. The number of carbonyl (C=O) groups excluding carboxylic acids is 1. The molecular formula is C17H24N2O3S. The molecule has 126 valence electrons. The quantitative estimate of drug-likeness (QED) is 0.867. The first-order valence-electron chi connectivity index (χ1n) is 8.43. The maximum absolute atomic E-state index is 13.0. The Bertz CT molecular complexity index is 635. The molecule has 1 aromatic carbocycles. The summed E-state index contributed by atoms with van der Waals surface area (Å²) in [6.07, 6.45) is 6.86. The zero-order valence-electron chi connectivity index (χ0n) is 13.3. The lowest BCUT2D eigenvalue weighted by atomic mass is 9.95. The van der Waals surface area contributed by atoms with Crippen LogP contribution in [-0.2, 0) is 14.8 Å². The van der Waals surface area contributed by atoms with Gasteiger partial charge in [0.1, 0.15) is 0 Å². The van der Waals surface area contributed by atoms with Gasteiger partial charge in [0.25, 0.3) is 0 Å². The Morgan fingerprint density at radius 1 is 1.04 bits per heavy atom. The van der Waals surface area contributed by atoms with E-state index in [2.05, 4.69) is 5.32 Å². The molecule has 6 heteroatoms. The van der Waals surface area contributed by atoms with E-state index < -0.39 is 10.0 Å². The molecule has 2 saturated carbocycles. The molecule has 0 heterocycles. The maximum Gasteiger partial charge on any atom is 0.243 e. The molecule has 0 saturated heterocycles. The minimum Gasteiger partial charge on any atom is -0.352 e. The van der Waals surface area contributed by atoms with Crippen LogP contribution < -0.4 is 5.32 Å². The molecule has 1 aromatic rings. The van der Waals surface area contributed by atoms with Crippen LogP contribution in [-0.4, -0.2) is 37.3 Å². The van der Waals surface area contributed by atoms with E-state index in [9.17, 15) is 13.2 Å². The van der Waals surface area contributed by atoms with E-state index in [0.29, 0.717) is 0 Å². The first-order chi connectivity index (χ1) is 11.1. The van der Waals surface area contributed by atoms with Crippen LogP contribution in [0.25, 0.3) is 0 Å². The van der Waals surface area contributed by atoms with Gasteiger partial charge in [-0.2, -0.15) is 4.31 Å². The summed E-state index contributed by atoms with van der Waals surface area (Å²) < 4.78 is 27.5. The van der Waals surface area contributed by atoms with Gasteiger partial charge in [0, 0.05) is 12.1 Å². The molecule has 2 aliphatic carbocycles. The van der Waals surface area contributed by atoms with Gasteiger partial charge in [-0.1, -0.05) is 37.5 Å². The summed E-state index contributed by atoms with van der Waals surface area (Å²) in [7, 11) is -3.64. The van der Waals surface area contributed by atoms with Crippen LogP contribution in [0, 0.1) is 0 Å². The van der Waals surface area contributed by atoms with Gasteiger partial charge in [0.2, 0.25) is 15.9 Å². The predicted octanol–water partition coefficient (Wildman–Crippen LogP) is 2.29. The predicted molar refractivity (Wildman–Crippen MR) is 88.4 cm³/mol. The van der Waals surface area contributed by atoms with Gasteiger partial charge in [-0.05, 0) is 37.8 Å². The van der Waals surface area contributed by atoms with Gasteiger partial charge in [0.05, 0.1) is 11.4 Å². The molecule has 1 N–H and O–H groups in total. The van der Waals surface area contributed by atoms with Gasteiger partial charge in [0.15, 0.2) is 0 Å². The van der Waals surface area contributed by atoms with Crippen LogP contribution in [0.15, 0.2) is 35.2 Å². The van der Waals surface area contributed by atoms with E-state index in [4.69, 9.17) is 0 Å². The number of nitrogens with zero attached hydrogens (tertiary/aromatic N) is 1. The monoisotopic (exact) mass is 336 g/mol. The van der Waals surface area contributed by atoms with E-state index in [1.807, 2.05) is 0 Å². The van der Waals surface area contributed by atoms with Crippen molar-refractivity contribution in [1.29, 1.82) is 0 Å². The Morgan fingerprint density at radius 3 is 2.30 bits per heavy atom. The van der Waals surface area contributed by atoms with Crippen LogP contribution in [0.3, 0.4) is 0 Å². The third-order valence-corrected chi connectivity index (χ3v) is 6.49. The van der Waals surface area contributed by atoms with Crippen molar-refractivity contribution in [1.82, 2.24) is 9.62 Å². The van der Waals surface area contributed by atoms with Crippen molar-refractivity contribution >= 4 is 15.9 Å². The van der Waals surface area contributed by atoms with E-state index >= 15 is 0 Å². The number of nitrogens with one attached hydrogen (secondary N) is 1. The normalized spacial score (nSPS) is 19.7. The standard InChI is InChI=1S/C17H24N2O3S/c20-17(18-14-11-12-14)13-19(15-7-3-1-4-8-15)23(21,22)16-9-5-2-6-10-16/h2,5-6,9-10,14-15H,1,3-4,7-8,11-13H2,(H,18,20). The minimum absolute atomic E-state index is 0.0705. The fourth-order valence-corrected chi connectivity index (χ4v) is 4.81. The molecule has 0 bridgehead atoms. The van der Waals surface area contributed by atoms with E-state index in [-0.39, 0.29) is 29.4 Å². The second kappa shape index (κ2) is 7.01. The Hall–Kier alpha value is -1.40. The number of carbonyl (C=O) groups is 1. The van der Waals surface area contributed by atoms with Gasteiger partial charge in [-0.3, -0.25) is 4.79 Å². The second-order valence-electron chi connectivity index (χ2n) is 6.50. The molecule has 1 amide bonds. The molecule has 3 rings (SSSR count). The maximum atomic E-state index is 13.0. The van der Waals surface area contributed by atoms with Crippen LogP contribution in [0.5, 0.6) is 0 Å². The number of hydrogen-bond acceptors (Lipinski definition) is 3. The van der Waals surface area contributed by atoms with Crippen LogP contribution in [0.1, 0.15) is 44.9 Å². The zero-order valence-corrected chi connectivity index (χ0v) is 14.1. The first kappa shape index (κ1) is 16.5. The number of benzene rings is 1. The summed E-state index contributed by atoms with van der Waals surface area (Å²) in [6, 6.07) is 8.61. The second-order valence-corrected chi connectivity index (χ2v) is 8.39. The van der Waals surface area contributed by atoms with Crippen LogP contribution >= 0.6 is 0 Å². The summed E-state index contributed by atoms with van der Waals surface area (Å²) in [5.41, 5.74) is 0. The Labute approximate surface area is 138 Å². The Morgan fingerprint density at radius 2 is 1.70 bits per heavy atom. The fraction of sp³-hybridized carbons (Fsp3) is 0.588. The van der Waals surface area contributed by atoms with E-state index in [1.165, 1.54) is 4.31 Å². The lowest BCUT2D eigenvalue weighted by Gasteiger charge is -2.33. The topological polar surface area (TPSA) is 66.5 Å². The third-order valence-electron chi connectivity index (χ3n) is 4.57. The van der Waals surface area contributed by atoms with E-state index in [1.54, 1.807) is 30.3 Å². The van der Waals surface area contributed by atoms with Crippen LogP contribution in [0.4, 0.5) is 0 Å². The summed E-state index contributed by atoms with van der Waals surface area (Å²) in [4.78, 5) is 12.5. The van der Waals surface area contributed by atoms with Crippen molar-refractivity contribution in [3.05, 3.63) is 30.3 Å². The lowest BCUT2D eigenvalue weighted by Crippen LogP contribution is -2.47. The SMILES string of the molecule is O=C(CN(C1CCCCC1)S(=O)(=O)c1ccccc1)NC1CC1. The molecule has 0 atom stereocenters. The van der Waals surface area contributed by atoms with Gasteiger partial charge < -0.3 is 5.32 Å². The first-order valence-corrected chi connectivity index (χ1v) is 9.87. The Balaban J connectivity index is 1.82. The third kappa shape index (κ3) is 4.12. The highest BCUT2D eigenvalue weighted by Gasteiger charge is 2.34. The van der Waals surface area contributed by atoms with Crippen molar-refractivity contribution in [2.75, 3.05) is 6.54 Å². The van der Waals surface area contributed by atoms with Crippen molar-refractivity contribution < 1.29 is 13.2 Å². The largest absolute Gasteiger partial charge is 0.352 e. The number of rotatable bonds is 6. The number of amides is 1. The van der Waals surface area contributed by atoms with Crippen molar-refractivity contribution in [2.24, 2.45) is 0 Å². The zero-order chi connectivity index (χ0) is 16.3. The fourth-order valence-electron chi connectivity index (χ4n) is 3.15. The highest BCUT2D eigenvalue weighted by atomic mass is 32.2. The summed E-state index contributed by atoms with van der Waals surface area (Å²) >= 11 is 0. The lowest BCUT2D eigenvalue weighted by molar-refractivity contribution is -0.121. The molecule has 2 fully saturated rings. The number of hydrogen-bond donors (Lipinski definition) is 1.